The molecular formula is C23H25N3O2. The standard InChI is InChI=1S/C23H25N3O2/c27-23(21-8-9-22(25-16-21)24-15-18-11-14-28-17-18)26-12-4-7-20(10-13-26)19-5-2-1-3-6-19/h1-3,5-6,8-9,11,14,16-17,20H,4,7,10,12-13,15H2,(H,24,25)/t20-/m0/s1. The second kappa shape index (κ2) is 8.74. The Kier molecular flexibility index (Phi) is 5.71. The maximum Gasteiger partial charge on any atom is 0.255 e. The molecule has 1 aliphatic rings. The SMILES string of the molecule is O=C(c1ccc(NCc2ccoc2)nc1)N1CCC[C@H](c2ccccc2)CC1. The summed E-state index contributed by atoms with van der Waals surface area (Å²) >= 11 is 0. The minimum Gasteiger partial charge on any atom is -0.472 e. The smallest absolute Gasteiger partial charge is 0.255 e. The molecule has 0 spiro atoms. The topological polar surface area (TPSA) is 58.4 Å². The van der Waals surface area contributed by atoms with Gasteiger partial charge in [-0.05, 0) is 48.9 Å². The van der Waals surface area contributed by atoms with Gasteiger partial charge in [-0.25, -0.2) is 4.98 Å². The average Bonchev–Trinajstić information content (AvgIpc) is 3.15. The molecule has 0 saturated carbocycles. The molecule has 0 radical (unpaired) electrons. The highest BCUT2D eigenvalue weighted by molar-refractivity contribution is 5.94. The van der Waals surface area contributed by atoms with Crippen molar-refractivity contribution in [3.8, 4) is 0 Å². The lowest BCUT2D eigenvalue weighted by Crippen LogP contribution is -2.32. The van der Waals surface area contributed by atoms with Crippen LogP contribution in [0.1, 0.15) is 46.7 Å². The zero-order chi connectivity index (χ0) is 19.2. The Morgan fingerprint density at radius 1 is 1.11 bits per heavy atom. The number of nitrogens with zero attached hydrogens (tertiary/aromatic N) is 2. The van der Waals surface area contributed by atoms with Crippen molar-refractivity contribution >= 4 is 11.7 Å². The van der Waals surface area contributed by atoms with Crippen molar-refractivity contribution in [1.29, 1.82) is 0 Å². The number of carbonyl (C=O) groups excluding carboxylic acids is 1. The Bertz CT molecular complexity index is 876. The van der Waals surface area contributed by atoms with Crippen molar-refractivity contribution in [2.24, 2.45) is 0 Å². The van der Waals surface area contributed by atoms with E-state index in [1.54, 1.807) is 18.7 Å². The van der Waals surface area contributed by atoms with E-state index in [0.29, 0.717) is 18.0 Å². The van der Waals surface area contributed by atoms with Crippen molar-refractivity contribution in [2.75, 3.05) is 18.4 Å². The summed E-state index contributed by atoms with van der Waals surface area (Å²) in [6, 6.07) is 16.3. The van der Waals surface area contributed by atoms with Gasteiger partial charge in [0.25, 0.3) is 5.91 Å². The molecule has 0 aliphatic carbocycles. The third kappa shape index (κ3) is 4.42. The summed E-state index contributed by atoms with van der Waals surface area (Å²) in [6.07, 6.45) is 8.18. The molecule has 4 rings (SSSR count). The normalized spacial score (nSPS) is 17.1. The molecule has 1 N–H and O–H groups in total. The molecule has 1 fully saturated rings. The molecule has 0 bridgehead atoms. The van der Waals surface area contributed by atoms with E-state index in [1.807, 2.05) is 23.1 Å². The fourth-order valence-corrected chi connectivity index (χ4v) is 3.75. The Morgan fingerprint density at radius 3 is 2.75 bits per heavy atom. The van der Waals surface area contributed by atoms with Crippen LogP contribution in [-0.2, 0) is 6.54 Å². The Balaban J connectivity index is 1.34. The van der Waals surface area contributed by atoms with E-state index in [2.05, 4.69) is 40.6 Å². The number of hydrogen-bond acceptors (Lipinski definition) is 4. The van der Waals surface area contributed by atoms with Crippen LogP contribution >= 0.6 is 0 Å². The third-order valence-corrected chi connectivity index (χ3v) is 5.35. The molecule has 5 heteroatoms. The predicted octanol–water partition coefficient (Wildman–Crippen LogP) is 4.70. The van der Waals surface area contributed by atoms with Crippen LogP contribution in [0.3, 0.4) is 0 Å². The summed E-state index contributed by atoms with van der Waals surface area (Å²) in [5.41, 5.74) is 3.08. The largest absolute Gasteiger partial charge is 0.472 e. The van der Waals surface area contributed by atoms with E-state index >= 15 is 0 Å². The highest BCUT2D eigenvalue weighted by Gasteiger charge is 2.22. The highest BCUT2D eigenvalue weighted by atomic mass is 16.3. The lowest BCUT2D eigenvalue weighted by Gasteiger charge is -2.21. The van der Waals surface area contributed by atoms with Gasteiger partial charge in [0.2, 0.25) is 0 Å². The van der Waals surface area contributed by atoms with E-state index < -0.39 is 0 Å². The van der Waals surface area contributed by atoms with Crippen LogP contribution in [-0.4, -0.2) is 28.9 Å². The number of likely N-dealkylation sites (tertiary alicyclic amines) is 1. The molecule has 1 atom stereocenters. The zero-order valence-electron chi connectivity index (χ0n) is 15.9. The summed E-state index contributed by atoms with van der Waals surface area (Å²) in [5.74, 6) is 1.35. The summed E-state index contributed by atoms with van der Waals surface area (Å²) in [5, 5.41) is 3.23. The van der Waals surface area contributed by atoms with Gasteiger partial charge in [0.15, 0.2) is 0 Å². The van der Waals surface area contributed by atoms with Crippen LogP contribution in [0, 0.1) is 0 Å². The number of furan rings is 1. The molecule has 2 aromatic heterocycles. The van der Waals surface area contributed by atoms with Crippen LogP contribution < -0.4 is 5.32 Å². The number of anilines is 1. The predicted molar refractivity (Wildman–Crippen MR) is 109 cm³/mol. The van der Waals surface area contributed by atoms with Gasteiger partial charge >= 0.3 is 0 Å². The second-order valence-corrected chi connectivity index (χ2v) is 7.25. The molecule has 28 heavy (non-hydrogen) atoms. The fourth-order valence-electron chi connectivity index (χ4n) is 3.75. The molecule has 3 heterocycles. The van der Waals surface area contributed by atoms with Crippen molar-refractivity contribution < 1.29 is 9.21 Å². The Morgan fingerprint density at radius 2 is 2.00 bits per heavy atom. The van der Waals surface area contributed by atoms with Crippen molar-refractivity contribution in [1.82, 2.24) is 9.88 Å². The maximum atomic E-state index is 12.9. The first-order valence-corrected chi connectivity index (χ1v) is 9.85. The van der Waals surface area contributed by atoms with Gasteiger partial charge in [-0.3, -0.25) is 4.79 Å². The molecular weight excluding hydrogens is 350 g/mol. The van der Waals surface area contributed by atoms with E-state index in [-0.39, 0.29) is 5.91 Å². The number of pyridine rings is 1. The van der Waals surface area contributed by atoms with Crippen molar-refractivity contribution in [2.45, 2.75) is 31.7 Å². The second-order valence-electron chi connectivity index (χ2n) is 7.25. The number of nitrogens with one attached hydrogen (secondary N) is 1. The number of amides is 1. The van der Waals surface area contributed by atoms with Gasteiger partial charge in [-0.15, -0.1) is 0 Å². The highest BCUT2D eigenvalue weighted by Crippen LogP contribution is 2.28. The van der Waals surface area contributed by atoms with Crippen LogP contribution in [0.15, 0.2) is 71.7 Å². The van der Waals surface area contributed by atoms with E-state index in [0.717, 1.165) is 43.7 Å². The minimum atomic E-state index is 0.0718. The van der Waals surface area contributed by atoms with Crippen LogP contribution in [0.25, 0.3) is 0 Å². The molecule has 1 amide bonds. The van der Waals surface area contributed by atoms with Gasteiger partial charge < -0.3 is 14.6 Å². The lowest BCUT2D eigenvalue weighted by molar-refractivity contribution is 0.0760. The first-order chi connectivity index (χ1) is 13.8. The van der Waals surface area contributed by atoms with E-state index in [9.17, 15) is 4.79 Å². The monoisotopic (exact) mass is 375 g/mol. The molecule has 1 aromatic carbocycles. The van der Waals surface area contributed by atoms with Gasteiger partial charge in [0.1, 0.15) is 5.82 Å². The fraction of sp³-hybridized carbons (Fsp3) is 0.304. The summed E-state index contributed by atoms with van der Waals surface area (Å²) in [7, 11) is 0. The molecule has 144 valence electrons. The quantitative estimate of drug-likeness (QED) is 0.702. The molecule has 1 aliphatic heterocycles. The number of rotatable bonds is 5. The Labute approximate surface area is 165 Å². The van der Waals surface area contributed by atoms with E-state index in [4.69, 9.17) is 4.42 Å². The molecule has 5 nitrogen and oxygen atoms in total. The van der Waals surface area contributed by atoms with Crippen molar-refractivity contribution in [3.05, 3.63) is 83.9 Å². The van der Waals surface area contributed by atoms with Crippen LogP contribution in [0.4, 0.5) is 5.82 Å². The zero-order valence-corrected chi connectivity index (χ0v) is 15.9. The Hall–Kier alpha value is -3.08. The average molecular weight is 375 g/mol. The van der Waals surface area contributed by atoms with Crippen LogP contribution in [0.5, 0.6) is 0 Å². The minimum absolute atomic E-state index is 0.0718. The number of carbonyl (C=O) groups is 1. The van der Waals surface area contributed by atoms with Crippen molar-refractivity contribution in [3.63, 3.8) is 0 Å². The van der Waals surface area contributed by atoms with Gasteiger partial charge in [-0.1, -0.05) is 30.3 Å². The van der Waals surface area contributed by atoms with Gasteiger partial charge in [0.05, 0.1) is 18.1 Å². The number of aromatic nitrogens is 1. The lowest BCUT2D eigenvalue weighted by atomic mass is 9.92. The van der Waals surface area contributed by atoms with Crippen LogP contribution in [0.2, 0.25) is 0 Å². The van der Waals surface area contributed by atoms with Gasteiger partial charge in [-0.2, -0.15) is 0 Å². The summed E-state index contributed by atoms with van der Waals surface area (Å²) < 4.78 is 5.06. The first kappa shape index (κ1) is 18.3. The third-order valence-electron chi connectivity index (χ3n) is 5.35. The molecule has 0 unspecified atom stereocenters. The van der Waals surface area contributed by atoms with E-state index in [1.165, 1.54) is 5.56 Å². The van der Waals surface area contributed by atoms with Gasteiger partial charge in [0, 0.05) is 31.4 Å². The maximum absolute atomic E-state index is 12.9. The number of benzene rings is 1. The molecule has 3 aromatic rings. The summed E-state index contributed by atoms with van der Waals surface area (Å²) in [4.78, 5) is 19.3. The number of hydrogen-bond donors (Lipinski definition) is 1. The first-order valence-electron chi connectivity index (χ1n) is 9.85. The molecule has 1 saturated heterocycles. The summed E-state index contributed by atoms with van der Waals surface area (Å²) in [6.45, 7) is 2.24.